The van der Waals surface area contributed by atoms with E-state index in [0.717, 1.165) is 12.8 Å². The molecule has 10 heavy (non-hydrogen) atoms. The molecular weight excluding hydrogens is 124 g/mol. The van der Waals surface area contributed by atoms with Crippen LogP contribution in [0.1, 0.15) is 25.7 Å². The maximum atomic E-state index is 4.07. The summed E-state index contributed by atoms with van der Waals surface area (Å²) in [6.07, 6.45) is 8.76. The summed E-state index contributed by atoms with van der Waals surface area (Å²) in [5.41, 5.74) is 2.62. The van der Waals surface area contributed by atoms with Crippen molar-refractivity contribution in [2.24, 2.45) is 5.10 Å². The predicted molar refractivity (Wildman–Crippen MR) is 42.2 cm³/mol. The summed E-state index contributed by atoms with van der Waals surface area (Å²) in [6.45, 7) is 0. The molecule has 1 heterocycles. The molecule has 0 atom stereocenters. The SMILES string of the molecule is C1=N[N+]=C2CCCC=C2C1. The normalized spacial score (nSPS) is 23.2. The number of hydrogen-bond donors (Lipinski definition) is 0. The molecule has 1 aliphatic heterocycles. The van der Waals surface area contributed by atoms with E-state index in [1.54, 1.807) is 0 Å². The highest BCUT2D eigenvalue weighted by Gasteiger charge is 2.22. The molecular formula is C8H10N2+. The smallest absolute Gasteiger partial charge is 0.0743 e. The molecule has 2 rings (SSSR count). The summed E-state index contributed by atoms with van der Waals surface area (Å²) in [6, 6.07) is 0. The molecule has 0 saturated carbocycles. The number of fused-ring (bicyclic) bond motifs is 1. The minimum Gasteiger partial charge on any atom is -0.0743 e. The first kappa shape index (κ1) is 5.83. The highest BCUT2D eigenvalue weighted by atomic mass is 15.2. The van der Waals surface area contributed by atoms with Crippen molar-refractivity contribution in [1.82, 2.24) is 5.10 Å². The van der Waals surface area contributed by atoms with Crippen molar-refractivity contribution in [1.29, 1.82) is 0 Å². The van der Waals surface area contributed by atoms with E-state index in [4.69, 9.17) is 0 Å². The van der Waals surface area contributed by atoms with Crippen molar-refractivity contribution in [3.63, 3.8) is 0 Å². The van der Waals surface area contributed by atoms with E-state index in [1.165, 1.54) is 24.1 Å². The lowest BCUT2D eigenvalue weighted by molar-refractivity contribution is 0.840. The summed E-state index contributed by atoms with van der Waals surface area (Å²) in [5, 5.41) is 7.95. The van der Waals surface area contributed by atoms with Crippen LogP contribution in [-0.2, 0) is 0 Å². The summed E-state index contributed by atoms with van der Waals surface area (Å²) in [5.74, 6) is 0. The lowest BCUT2D eigenvalue weighted by Crippen LogP contribution is -2.16. The van der Waals surface area contributed by atoms with E-state index in [-0.39, 0.29) is 0 Å². The molecule has 0 unspecified atom stereocenters. The van der Waals surface area contributed by atoms with E-state index in [9.17, 15) is 0 Å². The van der Waals surface area contributed by atoms with E-state index in [1.807, 2.05) is 6.21 Å². The average molecular weight is 134 g/mol. The van der Waals surface area contributed by atoms with Gasteiger partial charge in [-0.3, -0.25) is 0 Å². The van der Waals surface area contributed by atoms with Crippen LogP contribution in [0.2, 0.25) is 0 Å². The Balaban J connectivity index is 2.32. The standard InChI is InChI=1S/C8H10N2/c1-2-4-8-7(3-1)5-6-9-10-8/h3,6H,1-2,4-5H2/q+1. The Morgan fingerprint density at radius 2 is 2.50 bits per heavy atom. The monoisotopic (exact) mass is 134 g/mol. The van der Waals surface area contributed by atoms with Crippen LogP contribution in [-0.4, -0.2) is 11.9 Å². The Bertz CT molecular complexity index is 223. The van der Waals surface area contributed by atoms with Gasteiger partial charge in [-0.05, 0) is 12.8 Å². The predicted octanol–water partition coefficient (Wildman–Crippen LogP) is 1.26. The van der Waals surface area contributed by atoms with E-state index < -0.39 is 0 Å². The third kappa shape index (κ3) is 0.897. The van der Waals surface area contributed by atoms with Gasteiger partial charge < -0.3 is 0 Å². The van der Waals surface area contributed by atoms with Gasteiger partial charge in [0.05, 0.1) is 11.3 Å². The molecule has 2 heteroatoms. The molecule has 2 aliphatic rings. The maximum Gasteiger partial charge on any atom is 0.292 e. The second kappa shape index (κ2) is 2.37. The summed E-state index contributed by atoms with van der Waals surface area (Å²) >= 11 is 0. The Morgan fingerprint density at radius 3 is 3.40 bits per heavy atom. The van der Waals surface area contributed by atoms with Gasteiger partial charge in [0, 0.05) is 18.4 Å². The highest BCUT2D eigenvalue weighted by molar-refractivity contribution is 6.03. The highest BCUT2D eigenvalue weighted by Crippen LogP contribution is 2.17. The van der Waals surface area contributed by atoms with Gasteiger partial charge in [0.1, 0.15) is 0 Å². The zero-order valence-electron chi connectivity index (χ0n) is 5.88. The Hall–Kier alpha value is -0.920. The van der Waals surface area contributed by atoms with Gasteiger partial charge >= 0.3 is 0 Å². The zero-order chi connectivity index (χ0) is 6.81. The van der Waals surface area contributed by atoms with Gasteiger partial charge in [-0.25, -0.2) is 0 Å². The van der Waals surface area contributed by atoms with Crippen LogP contribution in [0.25, 0.3) is 0 Å². The van der Waals surface area contributed by atoms with Crippen LogP contribution in [0.5, 0.6) is 0 Å². The fourth-order valence-corrected chi connectivity index (χ4v) is 1.39. The van der Waals surface area contributed by atoms with E-state index in [0.29, 0.717) is 0 Å². The van der Waals surface area contributed by atoms with Crippen LogP contribution >= 0.6 is 0 Å². The molecule has 51 valence electrons. The minimum atomic E-state index is 0.999. The first-order chi connectivity index (χ1) is 4.97. The van der Waals surface area contributed by atoms with Gasteiger partial charge in [-0.2, -0.15) is 0 Å². The number of nitrogens with zero attached hydrogens (tertiary/aromatic N) is 2. The number of allylic oxidation sites excluding steroid dienone is 2. The fourth-order valence-electron chi connectivity index (χ4n) is 1.39. The second-order valence-corrected chi connectivity index (χ2v) is 2.67. The summed E-state index contributed by atoms with van der Waals surface area (Å²) in [4.78, 5) is 0. The molecule has 0 amide bonds. The summed E-state index contributed by atoms with van der Waals surface area (Å²) < 4.78 is 0. The molecule has 1 aliphatic carbocycles. The molecule has 0 N–H and O–H groups in total. The Labute approximate surface area is 60.4 Å². The van der Waals surface area contributed by atoms with Crippen LogP contribution < -0.4 is 5.10 Å². The van der Waals surface area contributed by atoms with Crippen molar-refractivity contribution < 1.29 is 0 Å². The first-order valence-electron chi connectivity index (χ1n) is 3.74. The van der Waals surface area contributed by atoms with Gasteiger partial charge in [0.25, 0.3) is 5.71 Å². The van der Waals surface area contributed by atoms with Crippen molar-refractivity contribution in [2.75, 3.05) is 0 Å². The molecule has 0 spiro atoms. The van der Waals surface area contributed by atoms with Gasteiger partial charge in [-0.1, -0.05) is 6.08 Å². The fraction of sp³-hybridized carbons (Fsp3) is 0.500. The lowest BCUT2D eigenvalue weighted by atomic mass is 9.95. The van der Waals surface area contributed by atoms with Gasteiger partial charge in [0.2, 0.25) is 5.10 Å². The van der Waals surface area contributed by atoms with Crippen molar-refractivity contribution >= 4 is 11.9 Å². The Morgan fingerprint density at radius 1 is 1.50 bits per heavy atom. The van der Waals surface area contributed by atoms with Crippen LogP contribution in [0.15, 0.2) is 16.8 Å². The molecule has 0 aromatic rings. The van der Waals surface area contributed by atoms with Crippen molar-refractivity contribution in [3.8, 4) is 0 Å². The quantitative estimate of drug-likeness (QED) is 0.477. The van der Waals surface area contributed by atoms with Crippen molar-refractivity contribution in [2.45, 2.75) is 25.7 Å². The van der Waals surface area contributed by atoms with Crippen LogP contribution in [0, 0.1) is 0 Å². The third-order valence-electron chi connectivity index (χ3n) is 1.95. The van der Waals surface area contributed by atoms with Gasteiger partial charge in [0.15, 0.2) is 0 Å². The number of hydrogen-bond acceptors (Lipinski definition) is 2. The van der Waals surface area contributed by atoms with Gasteiger partial charge in [-0.15, -0.1) is 0 Å². The van der Waals surface area contributed by atoms with Crippen LogP contribution in [0.3, 0.4) is 0 Å². The second-order valence-electron chi connectivity index (χ2n) is 2.67. The molecule has 0 aromatic heterocycles. The van der Waals surface area contributed by atoms with E-state index >= 15 is 0 Å². The lowest BCUT2D eigenvalue weighted by Gasteiger charge is -2.06. The number of rotatable bonds is 0. The molecule has 0 fully saturated rings. The molecule has 2 nitrogen and oxygen atoms in total. The summed E-state index contributed by atoms with van der Waals surface area (Å²) in [7, 11) is 0. The maximum absolute atomic E-state index is 4.07. The molecule has 1 radical (unpaired) electrons. The third-order valence-corrected chi connectivity index (χ3v) is 1.95. The Kier molecular flexibility index (Phi) is 1.38. The first-order valence-corrected chi connectivity index (χ1v) is 3.74. The molecule has 0 aromatic carbocycles. The largest absolute Gasteiger partial charge is 0.292 e. The van der Waals surface area contributed by atoms with E-state index in [2.05, 4.69) is 16.3 Å². The van der Waals surface area contributed by atoms with Crippen LogP contribution in [0.4, 0.5) is 0 Å². The molecule has 0 bridgehead atoms. The average Bonchev–Trinajstić information content (AvgIpc) is 2.05. The molecule has 0 saturated heterocycles. The van der Waals surface area contributed by atoms with Crippen molar-refractivity contribution in [3.05, 3.63) is 11.6 Å². The minimum absolute atomic E-state index is 0.999. The topological polar surface area (TPSA) is 26.5 Å². The zero-order valence-corrected chi connectivity index (χ0v) is 5.88.